The van der Waals surface area contributed by atoms with Crippen LogP contribution < -0.4 is 5.32 Å². The van der Waals surface area contributed by atoms with Gasteiger partial charge in [-0.2, -0.15) is 13.2 Å². The van der Waals surface area contributed by atoms with Gasteiger partial charge < -0.3 is 5.11 Å². The van der Waals surface area contributed by atoms with Gasteiger partial charge in [0, 0.05) is 5.54 Å². The molecule has 29 heavy (non-hydrogen) atoms. The van der Waals surface area contributed by atoms with Crippen LogP contribution in [0.3, 0.4) is 0 Å². The maximum absolute atomic E-state index is 13.2. The number of sulfone groups is 1. The quantitative estimate of drug-likeness (QED) is 0.757. The summed E-state index contributed by atoms with van der Waals surface area (Å²) in [6.07, 6.45) is -7.67. The Labute approximate surface area is 168 Å². The number of nitrogens with one attached hydrogen (secondary N) is 1. The predicted molar refractivity (Wildman–Crippen MR) is 104 cm³/mol. The molecule has 2 aromatic rings. The second kappa shape index (κ2) is 8.08. The van der Waals surface area contributed by atoms with Crippen molar-refractivity contribution >= 4 is 9.84 Å². The summed E-state index contributed by atoms with van der Waals surface area (Å²) in [6.45, 7) is 1.72. The summed E-state index contributed by atoms with van der Waals surface area (Å²) in [5, 5.41) is 13.4. The summed E-state index contributed by atoms with van der Waals surface area (Å²) in [7, 11) is -3.78. The van der Waals surface area contributed by atoms with Crippen LogP contribution in [0.2, 0.25) is 0 Å². The van der Waals surface area contributed by atoms with Crippen molar-refractivity contribution in [1.29, 1.82) is 0 Å². The van der Waals surface area contributed by atoms with E-state index in [1.165, 1.54) is 6.07 Å². The predicted octanol–water partition coefficient (Wildman–Crippen LogP) is 4.01. The average molecular weight is 427 g/mol. The number of rotatable bonds is 5. The highest BCUT2D eigenvalue weighted by atomic mass is 32.2. The molecule has 0 saturated heterocycles. The first-order valence-corrected chi connectivity index (χ1v) is 11.1. The van der Waals surface area contributed by atoms with E-state index in [4.69, 9.17) is 0 Å². The minimum absolute atomic E-state index is 0.169. The van der Waals surface area contributed by atoms with Crippen molar-refractivity contribution in [1.82, 2.24) is 5.32 Å². The zero-order chi connectivity index (χ0) is 21.3. The Morgan fingerprint density at radius 1 is 1.14 bits per heavy atom. The lowest BCUT2D eigenvalue weighted by atomic mass is 9.87. The van der Waals surface area contributed by atoms with E-state index in [2.05, 4.69) is 5.32 Å². The molecule has 2 N–H and O–H groups in total. The first-order chi connectivity index (χ1) is 13.6. The van der Waals surface area contributed by atoms with Gasteiger partial charge in [-0.05, 0) is 30.0 Å². The Hall–Kier alpha value is -1.90. The highest BCUT2D eigenvalue weighted by molar-refractivity contribution is 7.91. The number of hydrogen-bond donors (Lipinski definition) is 2. The molecule has 3 atom stereocenters. The Kier molecular flexibility index (Phi) is 6.08. The summed E-state index contributed by atoms with van der Waals surface area (Å²) >= 11 is 0. The maximum atomic E-state index is 13.2. The van der Waals surface area contributed by atoms with Crippen molar-refractivity contribution in [3.8, 4) is 0 Å². The molecule has 2 aromatic carbocycles. The number of hydrogen-bond acceptors (Lipinski definition) is 4. The Morgan fingerprint density at radius 3 is 2.38 bits per heavy atom. The van der Waals surface area contributed by atoms with Crippen molar-refractivity contribution in [2.24, 2.45) is 0 Å². The number of aliphatic hydroxyl groups excluding tert-OH is 1. The lowest BCUT2D eigenvalue weighted by Crippen LogP contribution is -2.52. The zero-order valence-corrected chi connectivity index (χ0v) is 16.8. The topological polar surface area (TPSA) is 66.4 Å². The van der Waals surface area contributed by atoms with E-state index in [0.29, 0.717) is 5.56 Å². The third-order valence-electron chi connectivity index (χ3n) is 5.39. The van der Waals surface area contributed by atoms with Gasteiger partial charge >= 0.3 is 6.18 Å². The monoisotopic (exact) mass is 427 g/mol. The second-order valence-corrected chi connectivity index (χ2v) is 9.55. The molecule has 0 saturated carbocycles. The van der Waals surface area contributed by atoms with Crippen LogP contribution in [0.1, 0.15) is 43.4 Å². The summed E-state index contributed by atoms with van der Waals surface area (Å²) in [4.78, 5) is 0.169. The molecule has 1 aliphatic rings. The second-order valence-electron chi connectivity index (χ2n) is 7.60. The normalized spacial score (nSPS) is 25.1. The smallest absolute Gasteiger partial charge is 0.391 e. The SMILES string of the molecule is CC[C@]1(C[C@@H](O)CC(F)(F)F)CS(=O)(=O)c2ccccc2[C@H](c2ccccc2)N1. The molecule has 8 heteroatoms. The molecule has 0 bridgehead atoms. The molecule has 0 fully saturated rings. The van der Waals surface area contributed by atoms with E-state index < -0.39 is 40.1 Å². The molecular formula is C21H24F3NO3S. The number of aliphatic hydroxyl groups is 1. The average Bonchev–Trinajstić information content (AvgIpc) is 2.74. The molecule has 0 radical (unpaired) electrons. The van der Waals surface area contributed by atoms with Crippen LogP contribution in [0.5, 0.6) is 0 Å². The number of halogens is 3. The third kappa shape index (κ3) is 4.99. The standard InChI is InChI=1S/C21H24F3NO3S/c1-2-20(12-16(26)13-21(22,23)24)14-29(27,28)18-11-7-6-10-17(18)19(25-20)15-8-4-3-5-9-15/h3-11,16,19,25-26H,2,12-14H2,1H3/t16-,19+,20+/m1/s1. The molecule has 0 unspecified atom stereocenters. The highest BCUT2D eigenvalue weighted by Gasteiger charge is 2.44. The molecule has 1 heterocycles. The van der Waals surface area contributed by atoms with E-state index in [9.17, 15) is 26.7 Å². The molecule has 0 amide bonds. The van der Waals surface area contributed by atoms with Crippen LogP contribution >= 0.6 is 0 Å². The van der Waals surface area contributed by atoms with Gasteiger partial charge in [0.2, 0.25) is 0 Å². The fraction of sp³-hybridized carbons (Fsp3) is 0.429. The van der Waals surface area contributed by atoms with Gasteiger partial charge in [-0.15, -0.1) is 0 Å². The van der Waals surface area contributed by atoms with Gasteiger partial charge in [-0.3, -0.25) is 5.32 Å². The lowest BCUT2D eigenvalue weighted by molar-refractivity contribution is -0.155. The minimum atomic E-state index is -4.53. The van der Waals surface area contributed by atoms with Crippen molar-refractivity contribution < 1.29 is 26.7 Å². The molecule has 0 spiro atoms. The molecule has 158 valence electrons. The van der Waals surface area contributed by atoms with Crippen LogP contribution in [-0.4, -0.2) is 37.1 Å². The largest absolute Gasteiger partial charge is 0.393 e. The number of benzene rings is 2. The zero-order valence-electron chi connectivity index (χ0n) is 16.0. The van der Waals surface area contributed by atoms with Crippen LogP contribution in [0, 0.1) is 0 Å². The van der Waals surface area contributed by atoms with Gasteiger partial charge in [-0.1, -0.05) is 55.5 Å². The van der Waals surface area contributed by atoms with Crippen molar-refractivity contribution in [3.63, 3.8) is 0 Å². The number of alkyl halides is 3. The van der Waals surface area contributed by atoms with E-state index in [1.807, 2.05) is 30.3 Å². The van der Waals surface area contributed by atoms with Gasteiger partial charge in [-0.25, -0.2) is 8.42 Å². The Morgan fingerprint density at radius 2 is 1.76 bits per heavy atom. The summed E-state index contributed by atoms with van der Waals surface area (Å²) in [5.74, 6) is -0.383. The van der Waals surface area contributed by atoms with E-state index in [0.717, 1.165) is 5.56 Å². The maximum Gasteiger partial charge on any atom is 0.391 e. The Bertz CT molecular complexity index is 947. The third-order valence-corrected chi connectivity index (χ3v) is 7.36. The Balaban J connectivity index is 2.09. The van der Waals surface area contributed by atoms with Gasteiger partial charge in [0.1, 0.15) is 0 Å². The number of fused-ring (bicyclic) bond motifs is 1. The van der Waals surface area contributed by atoms with Crippen LogP contribution in [-0.2, 0) is 9.84 Å². The molecule has 0 aliphatic carbocycles. The summed E-state index contributed by atoms with van der Waals surface area (Å²) < 4.78 is 64.7. The fourth-order valence-electron chi connectivity index (χ4n) is 4.03. The fourth-order valence-corrected chi connectivity index (χ4v) is 6.15. The molecule has 4 nitrogen and oxygen atoms in total. The molecule has 0 aromatic heterocycles. The first-order valence-electron chi connectivity index (χ1n) is 9.44. The van der Waals surface area contributed by atoms with Gasteiger partial charge in [0.25, 0.3) is 0 Å². The van der Waals surface area contributed by atoms with E-state index in [1.54, 1.807) is 25.1 Å². The summed E-state index contributed by atoms with van der Waals surface area (Å²) in [5.41, 5.74) is 0.155. The van der Waals surface area contributed by atoms with Crippen molar-refractivity contribution in [3.05, 3.63) is 65.7 Å². The molecular weight excluding hydrogens is 403 g/mol. The van der Waals surface area contributed by atoms with Crippen LogP contribution in [0.4, 0.5) is 13.2 Å². The lowest BCUT2D eigenvalue weighted by Gasteiger charge is -2.37. The van der Waals surface area contributed by atoms with Crippen molar-refractivity contribution in [2.75, 3.05) is 5.75 Å². The summed E-state index contributed by atoms with van der Waals surface area (Å²) in [6, 6.07) is 15.3. The highest BCUT2D eigenvalue weighted by Crippen LogP contribution is 2.38. The first kappa shape index (κ1) is 21.8. The van der Waals surface area contributed by atoms with E-state index in [-0.39, 0.29) is 23.5 Å². The van der Waals surface area contributed by atoms with Gasteiger partial charge in [0.15, 0.2) is 9.84 Å². The van der Waals surface area contributed by atoms with E-state index >= 15 is 0 Å². The van der Waals surface area contributed by atoms with Gasteiger partial charge in [0.05, 0.1) is 29.2 Å². The van der Waals surface area contributed by atoms with Crippen molar-refractivity contribution in [2.45, 2.75) is 54.9 Å². The van der Waals surface area contributed by atoms with Crippen LogP contribution in [0.15, 0.2) is 59.5 Å². The molecule has 3 rings (SSSR count). The molecule has 1 aliphatic heterocycles. The minimum Gasteiger partial charge on any atom is -0.393 e. The van der Waals surface area contributed by atoms with Crippen LogP contribution in [0.25, 0.3) is 0 Å².